The van der Waals surface area contributed by atoms with Gasteiger partial charge in [0, 0.05) is 36.0 Å². The molecule has 1 saturated carbocycles. The third-order valence-corrected chi connectivity index (χ3v) is 7.58. The maximum atomic E-state index is 12.7. The number of aryl methyl sites for hydroxylation is 2. The Balaban J connectivity index is 1.36. The third-order valence-electron chi connectivity index (χ3n) is 7.58. The summed E-state index contributed by atoms with van der Waals surface area (Å²) in [5, 5.41) is 14.4. The lowest BCUT2D eigenvalue weighted by molar-refractivity contribution is -0.144. The van der Waals surface area contributed by atoms with Crippen molar-refractivity contribution in [3.05, 3.63) is 39.7 Å². The Kier molecular flexibility index (Phi) is 7.50. The zero-order chi connectivity index (χ0) is 25.2. The maximum Gasteiger partial charge on any atom is 0.336 e. The Morgan fingerprint density at radius 3 is 2.89 bits per heavy atom. The van der Waals surface area contributed by atoms with Gasteiger partial charge >= 0.3 is 5.63 Å². The Labute approximate surface area is 205 Å². The fourth-order valence-electron chi connectivity index (χ4n) is 5.47. The summed E-state index contributed by atoms with van der Waals surface area (Å²) < 4.78 is 11.3. The number of carbonyl (C=O) groups is 2. The SMILES string of the molecule is CCCc1cc(=O)oc2c(C)c(O[C@@H](C)C(=O)NCC(=O)N3CC[C@]4(O)CCCC[C@H]4C3)ccc12. The Morgan fingerprint density at radius 2 is 2.11 bits per heavy atom. The summed E-state index contributed by atoms with van der Waals surface area (Å²) in [6.45, 7) is 6.41. The Bertz CT molecular complexity index is 1160. The molecule has 1 aromatic carbocycles. The van der Waals surface area contributed by atoms with Gasteiger partial charge in [0.05, 0.1) is 12.1 Å². The molecule has 2 amide bonds. The lowest BCUT2D eigenvalue weighted by Crippen LogP contribution is -2.56. The fraction of sp³-hybridized carbons (Fsp3) is 0.593. The van der Waals surface area contributed by atoms with Crippen LogP contribution in [0.25, 0.3) is 11.0 Å². The second kappa shape index (κ2) is 10.4. The van der Waals surface area contributed by atoms with Gasteiger partial charge in [0.2, 0.25) is 5.91 Å². The molecule has 0 spiro atoms. The molecule has 1 aliphatic heterocycles. The van der Waals surface area contributed by atoms with E-state index in [4.69, 9.17) is 9.15 Å². The molecule has 2 heterocycles. The minimum atomic E-state index is -0.839. The first-order chi connectivity index (χ1) is 16.7. The molecular formula is C27H36N2O6. The number of piperidine rings is 1. The second-order valence-corrected chi connectivity index (χ2v) is 10.0. The second-order valence-electron chi connectivity index (χ2n) is 10.0. The molecule has 1 aromatic heterocycles. The molecule has 2 aromatic rings. The molecule has 190 valence electrons. The molecule has 2 aliphatic rings. The molecule has 0 bridgehead atoms. The highest BCUT2D eigenvalue weighted by molar-refractivity contribution is 5.88. The van der Waals surface area contributed by atoms with Crippen molar-refractivity contribution in [1.29, 1.82) is 0 Å². The molecule has 2 N–H and O–H groups in total. The zero-order valence-electron chi connectivity index (χ0n) is 20.9. The van der Waals surface area contributed by atoms with Crippen molar-refractivity contribution in [2.45, 2.75) is 77.4 Å². The van der Waals surface area contributed by atoms with Crippen molar-refractivity contribution >= 4 is 22.8 Å². The third kappa shape index (κ3) is 5.37. The van der Waals surface area contributed by atoms with Gasteiger partial charge in [-0.3, -0.25) is 9.59 Å². The largest absolute Gasteiger partial charge is 0.480 e. The van der Waals surface area contributed by atoms with Crippen LogP contribution in [0.15, 0.2) is 27.4 Å². The van der Waals surface area contributed by atoms with E-state index < -0.39 is 23.2 Å². The summed E-state index contributed by atoms with van der Waals surface area (Å²) in [7, 11) is 0. The molecule has 4 rings (SSSR count). The normalized spacial score (nSPS) is 23.0. The van der Waals surface area contributed by atoms with Crippen LogP contribution >= 0.6 is 0 Å². The van der Waals surface area contributed by atoms with Crippen LogP contribution in [0.5, 0.6) is 5.75 Å². The summed E-state index contributed by atoms with van der Waals surface area (Å²) in [4.78, 5) is 39.2. The van der Waals surface area contributed by atoms with Gasteiger partial charge in [0.25, 0.3) is 5.91 Å². The first-order valence-electron chi connectivity index (χ1n) is 12.7. The highest BCUT2D eigenvalue weighted by Crippen LogP contribution is 2.39. The number of ether oxygens (including phenoxy) is 1. The molecular weight excluding hydrogens is 448 g/mol. The van der Waals surface area contributed by atoms with Crippen molar-refractivity contribution in [3.8, 4) is 5.75 Å². The number of nitrogens with zero attached hydrogens (tertiary/aromatic N) is 1. The zero-order valence-corrected chi connectivity index (χ0v) is 20.9. The van der Waals surface area contributed by atoms with E-state index in [2.05, 4.69) is 12.2 Å². The van der Waals surface area contributed by atoms with Crippen molar-refractivity contribution in [2.24, 2.45) is 5.92 Å². The van der Waals surface area contributed by atoms with E-state index in [1.54, 1.807) is 24.8 Å². The maximum absolute atomic E-state index is 12.7. The van der Waals surface area contributed by atoms with Gasteiger partial charge in [-0.25, -0.2) is 4.79 Å². The lowest BCUT2D eigenvalue weighted by atomic mass is 9.71. The van der Waals surface area contributed by atoms with Crippen LogP contribution in [0.1, 0.15) is 63.5 Å². The van der Waals surface area contributed by atoms with Gasteiger partial charge in [-0.1, -0.05) is 26.2 Å². The number of hydrogen-bond acceptors (Lipinski definition) is 6. The van der Waals surface area contributed by atoms with E-state index in [1.807, 2.05) is 6.07 Å². The van der Waals surface area contributed by atoms with E-state index in [1.165, 1.54) is 6.07 Å². The van der Waals surface area contributed by atoms with Crippen molar-refractivity contribution in [3.63, 3.8) is 0 Å². The minimum absolute atomic E-state index is 0.108. The average molecular weight is 485 g/mol. The summed E-state index contributed by atoms with van der Waals surface area (Å²) in [5.74, 6) is 0.0204. The van der Waals surface area contributed by atoms with Crippen LogP contribution < -0.4 is 15.7 Å². The molecule has 3 atom stereocenters. The summed E-state index contributed by atoms with van der Waals surface area (Å²) in [6, 6.07) is 5.16. The number of carbonyl (C=O) groups excluding carboxylic acids is 2. The molecule has 1 aliphatic carbocycles. The molecule has 8 nitrogen and oxygen atoms in total. The first kappa shape index (κ1) is 25.2. The molecule has 1 saturated heterocycles. The predicted octanol–water partition coefficient (Wildman–Crippen LogP) is 3.09. The van der Waals surface area contributed by atoms with Crippen LogP contribution in [0.3, 0.4) is 0 Å². The number of benzene rings is 1. The van der Waals surface area contributed by atoms with E-state index >= 15 is 0 Å². The fourth-order valence-corrected chi connectivity index (χ4v) is 5.47. The summed E-state index contributed by atoms with van der Waals surface area (Å²) in [5.41, 5.74) is 1.00. The highest BCUT2D eigenvalue weighted by atomic mass is 16.5. The molecule has 0 unspecified atom stereocenters. The van der Waals surface area contributed by atoms with Crippen LogP contribution in [-0.2, 0) is 16.0 Å². The average Bonchev–Trinajstić information content (AvgIpc) is 2.83. The number of fused-ring (bicyclic) bond motifs is 2. The number of rotatable bonds is 7. The molecule has 8 heteroatoms. The van der Waals surface area contributed by atoms with Gasteiger partial charge < -0.3 is 24.5 Å². The van der Waals surface area contributed by atoms with Crippen LogP contribution in [0.2, 0.25) is 0 Å². The summed E-state index contributed by atoms with van der Waals surface area (Å²) in [6.07, 6.45) is 5.29. The first-order valence-corrected chi connectivity index (χ1v) is 12.7. The van der Waals surface area contributed by atoms with Gasteiger partial charge in [-0.2, -0.15) is 0 Å². The predicted molar refractivity (Wildman–Crippen MR) is 132 cm³/mol. The van der Waals surface area contributed by atoms with Crippen LogP contribution in [0.4, 0.5) is 0 Å². The molecule has 35 heavy (non-hydrogen) atoms. The number of aliphatic hydroxyl groups is 1. The van der Waals surface area contributed by atoms with Crippen molar-refractivity contribution in [2.75, 3.05) is 19.6 Å². The van der Waals surface area contributed by atoms with Gasteiger partial charge in [0.15, 0.2) is 6.10 Å². The monoisotopic (exact) mass is 484 g/mol. The highest BCUT2D eigenvalue weighted by Gasteiger charge is 2.43. The molecule has 2 fully saturated rings. The van der Waals surface area contributed by atoms with Crippen molar-refractivity contribution in [1.82, 2.24) is 10.2 Å². The van der Waals surface area contributed by atoms with Crippen molar-refractivity contribution < 1.29 is 23.8 Å². The Hall–Kier alpha value is -2.87. The van der Waals surface area contributed by atoms with Gasteiger partial charge in [-0.15, -0.1) is 0 Å². The smallest absolute Gasteiger partial charge is 0.336 e. The van der Waals surface area contributed by atoms with Crippen LogP contribution in [-0.4, -0.2) is 53.2 Å². The quantitative estimate of drug-likeness (QED) is 0.585. The number of likely N-dealkylation sites (tertiary alicyclic amines) is 1. The number of hydrogen-bond donors (Lipinski definition) is 2. The number of nitrogens with one attached hydrogen (secondary N) is 1. The minimum Gasteiger partial charge on any atom is -0.480 e. The summed E-state index contributed by atoms with van der Waals surface area (Å²) >= 11 is 0. The van der Waals surface area contributed by atoms with Gasteiger partial charge in [0.1, 0.15) is 11.3 Å². The topological polar surface area (TPSA) is 109 Å². The van der Waals surface area contributed by atoms with Gasteiger partial charge in [-0.05, 0) is 57.2 Å². The molecule has 0 radical (unpaired) electrons. The van der Waals surface area contributed by atoms with E-state index in [-0.39, 0.29) is 18.4 Å². The standard InChI is InChI=1S/C27H36N2O6/c1-4-7-19-14-24(31)35-25-17(2)22(10-9-21(19)25)34-18(3)26(32)28-15-23(30)29-13-12-27(33)11-6-5-8-20(27)16-29/h9-10,14,18,20,33H,4-8,11-13,15-16H2,1-3H3,(H,28,32)/t18-,20-,27+/m0/s1. The lowest BCUT2D eigenvalue weighted by Gasteiger charge is -2.47. The van der Waals surface area contributed by atoms with E-state index in [0.29, 0.717) is 36.4 Å². The van der Waals surface area contributed by atoms with E-state index in [0.717, 1.165) is 49.5 Å². The van der Waals surface area contributed by atoms with E-state index in [9.17, 15) is 19.5 Å². The van der Waals surface area contributed by atoms with Crippen LogP contribution in [0, 0.1) is 12.8 Å². The Morgan fingerprint density at radius 1 is 1.31 bits per heavy atom. The number of amides is 2.